The van der Waals surface area contributed by atoms with Crippen molar-refractivity contribution < 1.29 is 22.4 Å². The van der Waals surface area contributed by atoms with Crippen molar-refractivity contribution in [3.63, 3.8) is 0 Å². The lowest BCUT2D eigenvalue weighted by atomic mass is 9.93. The van der Waals surface area contributed by atoms with Crippen LogP contribution in [-0.2, 0) is 18.1 Å². The molecule has 21 heavy (non-hydrogen) atoms. The van der Waals surface area contributed by atoms with E-state index in [0.29, 0.717) is 5.75 Å². The third kappa shape index (κ3) is 3.52. The zero-order valence-corrected chi connectivity index (χ0v) is 11.4. The number of benzene rings is 1. The fourth-order valence-corrected chi connectivity index (χ4v) is 1.82. The average Bonchev–Trinajstić information content (AvgIpc) is 2.89. The van der Waals surface area contributed by atoms with Gasteiger partial charge in [0, 0.05) is 0 Å². The molecule has 0 aliphatic heterocycles. The number of alkyl halides is 3. The second-order valence-corrected chi connectivity index (χ2v) is 4.86. The Balaban J connectivity index is 2.18. The largest absolute Gasteiger partial charge is 0.497 e. The van der Waals surface area contributed by atoms with Crippen LogP contribution in [0.3, 0.4) is 0 Å². The molecule has 114 valence electrons. The highest BCUT2D eigenvalue weighted by Crippen LogP contribution is 2.29. The summed E-state index contributed by atoms with van der Waals surface area (Å²) in [6.45, 7) is 1.54. The Morgan fingerprint density at radius 1 is 1.24 bits per heavy atom. The Kier molecular flexibility index (Phi) is 3.91. The predicted molar refractivity (Wildman–Crippen MR) is 67.5 cm³/mol. The first-order chi connectivity index (χ1) is 9.72. The van der Waals surface area contributed by atoms with Crippen LogP contribution >= 0.6 is 0 Å². The minimum atomic E-state index is -4.68. The Hall–Kier alpha value is -2.09. The van der Waals surface area contributed by atoms with Crippen LogP contribution in [0.15, 0.2) is 28.8 Å². The highest BCUT2D eigenvalue weighted by atomic mass is 19.4. The van der Waals surface area contributed by atoms with Crippen LogP contribution in [0.2, 0.25) is 0 Å². The highest BCUT2D eigenvalue weighted by Gasteiger charge is 2.40. The highest BCUT2D eigenvalue weighted by molar-refractivity contribution is 5.28. The van der Waals surface area contributed by atoms with Gasteiger partial charge in [-0.1, -0.05) is 17.3 Å². The normalized spacial score (nSPS) is 14.8. The molecule has 1 heterocycles. The molecular weight excluding hydrogens is 287 g/mol. The molecule has 1 aromatic heterocycles. The van der Waals surface area contributed by atoms with E-state index in [1.807, 2.05) is 0 Å². The van der Waals surface area contributed by atoms with Crippen molar-refractivity contribution in [2.75, 3.05) is 7.11 Å². The lowest BCUT2D eigenvalue weighted by Crippen LogP contribution is -2.36. The molecule has 5 nitrogen and oxygen atoms in total. The van der Waals surface area contributed by atoms with Crippen LogP contribution in [0.4, 0.5) is 13.2 Å². The van der Waals surface area contributed by atoms with E-state index in [0.717, 1.165) is 5.56 Å². The molecule has 0 saturated heterocycles. The second kappa shape index (κ2) is 5.36. The van der Waals surface area contributed by atoms with Crippen molar-refractivity contribution in [3.8, 4) is 5.75 Å². The molecule has 0 fully saturated rings. The summed E-state index contributed by atoms with van der Waals surface area (Å²) in [6, 6.07) is 7.02. The first-order valence-electron chi connectivity index (χ1n) is 6.05. The summed E-state index contributed by atoms with van der Waals surface area (Å²) in [5, 5.41) is 3.33. The molecule has 0 spiro atoms. The zero-order chi connectivity index (χ0) is 15.7. The summed E-state index contributed by atoms with van der Waals surface area (Å²) in [5.74, 6) is -0.911. The van der Waals surface area contributed by atoms with Crippen molar-refractivity contribution in [2.45, 2.75) is 25.1 Å². The Bertz CT molecular complexity index is 606. The molecule has 0 amide bonds. The summed E-state index contributed by atoms with van der Waals surface area (Å²) in [7, 11) is 1.54. The fourth-order valence-electron chi connectivity index (χ4n) is 1.82. The molecule has 2 aromatic rings. The molecule has 0 bridgehead atoms. The van der Waals surface area contributed by atoms with E-state index in [1.165, 1.54) is 0 Å². The number of halogens is 3. The van der Waals surface area contributed by atoms with E-state index in [1.54, 1.807) is 38.3 Å². The van der Waals surface area contributed by atoms with Gasteiger partial charge in [0.2, 0.25) is 0 Å². The lowest BCUT2D eigenvalue weighted by Gasteiger charge is -2.20. The summed E-state index contributed by atoms with van der Waals surface area (Å²) in [4.78, 5) is 3.33. The molecular formula is C13H14F3N3O2. The Morgan fingerprint density at radius 3 is 2.33 bits per heavy atom. The minimum Gasteiger partial charge on any atom is -0.497 e. The number of hydrogen-bond acceptors (Lipinski definition) is 5. The smallest absolute Gasteiger partial charge is 0.471 e. The Labute approximate surface area is 118 Å². The number of nitrogens with zero attached hydrogens (tertiary/aromatic N) is 2. The topological polar surface area (TPSA) is 74.2 Å². The molecule has 1 aromatic carbocycles. The number of aromatic nitrogens is 2. The number of methoxy groups -OCH3 is 1. The maximum absolute atomic E-state index is 12.4. The summed E-state index contributed by atoms with van der Waals surface area (Å²) >= 11 is 0. The molecule has 0 aliphatic rings. The Morgan fingerprint density at radius 2 is 1.86 bits per heavy atom. The maximum Gasteiger partial charge on any atom is 0.471 e. The van der Waals surface area contributed by atoms with Gasteiger partial charge in [-0.2, -0.15) is 18.2 Å². The summed E-state index contributed by atoms with van der Waals surface area (Å²) in [6.07, 6.45) is -4.42. The summed E-state index contributed by atoms with van der Waals surface area (Å²) < 4.78 is 46.6. The van der Waals surface area contributed by atoms with Crippen LogP contribution in [0.5, 0.6) is 5.75 Å². The maximum atomic E-state index is 12.4. The van der Waals surface area contributed by atoms with Gasteiger partial charge < -0.3 is 15.0 Å². The van der Waals surface area contributed by atoms with E-state index in [-0.39, 0.29) is 12.2 Å². The molecule has 1 atom stereocenters. The van der Waals surface area contributed by atoms with Crippen LogP contribution in [0.25, 0.3) is 0 Å². The monoisotopic (exact) mass is 301 g/mol. The molecule has 0 saturated carbocycles. The van der Waals surface area contributed by atoms with Gasteiger partial charge in [-0.05, 0) is 31.0 Å². The molecule has 2 N–H and O–H groups in total. The van der Waals surface area contributed by atoms with Crippen LogP contribution < -0.4 is 10.5 Å². The second-order valence-electron chi connectivity index (χ2n) is 4.86. The summed E-state index contributed by atoms with van der Waals surface area (Å²) in [5.41, 5.74) is 5.65. The van der Waals surface area contributed by atoms with Gasteiger partial charge in [0.1, 0.15) is 5.75 Å². The number of rotatable bonds is 4. The van der Waals surface area contributed by atoms with Gasteiger partial charge in [-0.15, -0.1) is 0 Å². The van der Waals surface area contributed by atoms with Crippen LogP contribution in [0, 0.1) is 0 Å². The van der Waals surface area contributed by atoms with E-state index >= 15 is 0 Å². The molecule has 8 heteroatoms. The standard InChI is InChI=1S/C13H14F3N3O2/c1-12(17,7-8-3-5-9(20-2)6-4-8)10-18-11(21-19-10)13(14,15)16/h3-6H,7,17H2,1-2H3. The number of ether oxygens (including phenoxy) is 1. The van der Waals surface area contributed by atoms with Crippen LogP contribution in [0.1, 0.15) is 24.2 Å². The molecule has 0 radical (unpaired) electrons. The third-order valence-corrected chi connectivity index (χ3v) is 2.91. The number of nitrogens with two attached hydrogens (primary N) is 1. The van der Waals surface area contributed by atoms with Gasteiger partial charge in [0.15, 0.2) is 5.82 Å². The quantitative estimate of drug-likeness (QED) is 0.939. The fraction of sp³-hybridized carbons (Fsp3) is 0.385. The van der Waals surface area contributed by atoms with Gasteiger partial charge in [-0.3, -0.25) is 0 Å². The van der Waals surface area contributed by atoms with Crippen LogP contribution in [-0.4, -0.2) is 17.3 Å². The first-order valence-corrected chi connectivity index (χ1v) is 6.05. The van der Waals surface area contributed by atoms with Gasteiger partial charge in [-0.25, -0.2) is 0 Å². The first kappa shape index (κ1) is 15.3. The zero-order valence-electron chi connectivity index (χ0n) is 11.4. The van der Waals surface area contributed by atoms with E-state index in [9.17, 15) is 13.2 Å². The molecule has 2 rings (SSSR count). The SMILES string of the molecule is COc1ccc(CC(C)(N)c2noc(C(F)(F)F)n2)cc1. The van der Waals surface area contributed by atoms with Crippen molar-refractivity contribution in [1.29, 1.82) is 0 Å². The van der Waals surface area contributed by atoms with Gasteiger partial charge in [0.25, 0.3) is 0 Å². The molecule has 1 unspecified atom stereocenters. The predicted octanol–water partition coefficient (Wildman–Crippen LogP) is 2.51. The van der Waals surface area contributed by atoms with Gasteiger partial charge >= 0.3 is 12.1 Å². The molecule has 0 aliphatic carbocycles. The van der Waals surface area contributed by atoms with E-state index in [4.69, 9.17) is 10.5 Å². The van der Waals surface area contributed by atoms with Crippen molar-refractivity contribution >= 4 is 0 Å². The lowest BCUT2D eigenvalue weighted by molar-refractivity contribution is -0.159. The van der Waals surface area contributed by atoms with Crippen molar-refractivity contribution in [3.05, 3.63) is 41.5 Å². The van der Waals surface area contributed by atoms with Crippen molar-refractivity contribution in [1.82, 2.24) is 10.1 Å². The minimum absolute atomic E-state index is 0.189. The van der Waals surface area contributed by atoms with E-state index in [2.05, 4.69) is 14.7 Å². The average molecular weight is 301 g/mol. The van der Waals surface area contributed by atoms with E-state index < -0.39 is 17.6 Å². The van der Waals surface area contributed by atoms with Gasteiger partial charge in [0.05, 0.1) is 12.6 Å². The third-order valence-electron chi connectivity index (χ3n) is 2.91. The number of hydrogen-bond donors (Lipinski definition) is 1. The van der Waals surface area contributed by atoms with Crippen molar-refractivity contribution in [2.24, 2.45) is 5.73 Å².